The van der Waals surface area contributed by atoms with Gasteiger partial charge < -0.3 is 14.8 Å². The van der Waals surface area contributed by atoms with Crippen LogP contribution < -0.4 is 5.32 Å². The Balaban J connectivity index is 1.69. The monoisotopic (exact) mass is 265 g/mol. The summed E-state index contributed by atoms with van der Waals surface area (Å²) in [6.45, 7) is 3.33. The minimum atomic E-state index is 0.0380. The first-order valence-electron chi connectivity index (χ1n) is 7.22. The van der Waals surface area contributed by atoms with Crippen molar-refractivity contribution < 1.29 is 9.47 Å². The zero-order valence-corrected chi connectivity index (χ0v) is 11.6. The van der Waals surface area contributed by atoms with Crippen molar-refractivity contribution in [3.8, 4) is 0 Å². The molecule has 1 unspecified atom stereocenters. The number of aromatic nitrogens is 2. The fourth-order valence-corrected chi connectivity index (χ4v) is 3.18. The summed E-state index contributed by atoms with van der Waals surface area (Å²) in [5, 5.41) is 7.81. The van der Waals surface area contributed by atoms with E-state index in [4.69, 9.17) is 9.47 Å². The molecule has 106 valence electrons. The summed E-state index contributed by atoms with van der Waals surface area (Å²) in [5.74, 6) is 0. The highest BCUT2D eigenvalue weighted by Gasteiger charge is 2.39. The molecule has 5 nitrogen and oxygen atoms in total. The lowest BCUT2D eigenvalue weighted by molar-refractivity contribution is -0.145. The van der Waals surface area contributed by atoms with Gasteiger partial charge in [-0.25, -0.2) is 0 Å². The van der Waals surface area contributed by atoms with E-state index in [0.717, 1.165) is 57.7 Å². The smallest absolute Gasteiger partial charge is 0.0762 e. The van der Waals surface area contributed by atoms with E-state index >= 15 is 0 Å². The average Bonchev–Trinajstić information content (AvgIpc) is 2.89. The van der Waals surface area contributed by atoms with Gasteiger partial charge in [-0.1, -0.05) is 0 Å². The predicted molar refractivity (Wildman–Crippen MR) is 72.0 cm³/mol. The second-order valence-corrected chi connectivity index (χ2v) is 5.61. The first-order chi connectivity index (χ1) is 9.31. The van der Waals surface area contributed by atoms with E-state index < -0.39 is 0 Å². The molecule has 3 rings (SSSR count). The van der Waals surface area contributed by atoms with Crippen molar-refractivity contribution in [3.05, 3.63) is 18.0 Å². The van der Waals surface area contributed by atoms with Gasteiger partial charge in [0.25, 0.3) is 0 Å². The Morgan fingerprint density at radius 1 is 1.42 bits per heavy atom. The van der Waals surface area contributed by atoms with E-state index in [-0.39, 0.29) is 5.60 Å². The minimum Gasteiger partial charge on any atom is -0.381 e. The molecule has 2 fully saturated rings. The third-order valence-electron chi connectivity index (χ3n) is 4.27. The normalized spacial score (nSPS) is 26.7. The second-order valence-electron chi connectivity index (χ2n) is 5.61. The number of nitrogens with one attached hydrogen (secondary N) is 1. The molecule has 1 N–H and O–H groups in total. The van der Waals surface area contributed by atoms with E-state index in [9.17, 15) is 0 Å². The third kappa shape index (κ3) is 2.83. The molecule has 2 aliphatic heterocycles. The molecule has 1 spiro atoms. The van der Waals surface area contributed by atoms with Crippen LogP contribution in [-0.2, 0) is 16.0 Å². The van der Waals surface area contributed by atoms with Crippen molar-refractivity contribution in [1.29, 1.82) is 0 Å². The summed E-state index contributed by atoms with van der Waals surface area (Å²) < 4.78 is 13.7. The summed E-state index contributed by atoms with van der Waals surface area (Å²) in [4.78, 5) is 0. The standard InChI is InChI=1S/C14H23N3O2/c1-15-11-12-2-6-17(16-12)13-3-7-19-14(10-13)4-8-18-9-5-14/h2,6,13,15H,3-5,7-11H2,1H3. The van der Waals surface area contributed by atoms with Crippen molar-refractivity contribution in [3.63, 3.8) is 0 Å². The quantitative estimate of drug-likeness (QED) is 0.900. The van der Waals surface area contributed by atoms with Gasteiger partial charge in [-0.3, -0.25) is 4.68 Å². The van der Waals surface area contributed by atoms with Crippen molar-refractivity contribution in [2.75, 3.05) is 26.9 Å². The molecule has 0 radical (unpaired) electrons. The molecule has 0 amide bonds. The van der Waals surface area contributed by atoms with Gasteiger partial charge in [0.1, 0.15) is 0 Å². The highest BCUT2D eigenvalue weighted by molar-refractivity contribution is 5.01. The van der Waals surface area contributed by atoms with Crippen LogP contribution in [0.3, 0.4) is 0 Å². The number of hydrogen-bond donors (Lipinski definition) is 1. The molecule has 0 aromatic carbocycles. The van der Waals surface area contributed by atoms with Gasteiger partial charge in [0.05, 0.1) is 17.3 Å². The van der Waals surface area contributed by atoms with Gasteiger partial charge in [0.15, 0.2) is 0 Å². The maximum absolute atomic E-state index is 6.08. The Hall–Kier alpha value is -0.910. The van der Waals surface area contributed by atoms with Crippen LogP contribution >= 0.6 is 0 Å². The van der Waals surface area contributed by atoms with Gasteiger partial charge in [-0.15, -0.1) is 0 Å². The summed E-state index contributed by atoms with van der Waals surface area (Å²) in [6, 6.07) is 2.57. The van der Waals surface area contributed by atoms with Crippen LogP contribution in [-0.4, -0.2) is 42.2 Å². The topological polar surface area (TPSA) is 48.3 Å². The molecule has 1 atom stereocenters. The molecule has 1 aromatic rings. The SMILES string of the molecule is CNCc1ccn(C2CCOC3(CCOCC3)C2)n1. The summed E-state index contributed by atoms with van der Waals surface area (Å²) in [7, 11) is 1.95. The summed E-state index contributed by atoms with van der Waals surface area (Å²) in [5.41, 5.74) is 1.14. The summed E-state index contributed by atoms with van der Waals surface area (Å²) >= 11 is 0. The Labute approximate surface area is 114 Å². The van der Waals surface area contributed by atoms with Gasteiger partial charge >= 0.3 is 0 Å². The molecule has 1 aromatic heterocycles. The number of hydrogen-bond acceptors (Lipinski definition) is 4. The van der Waals surface area contributed by atoms with Crippen LogP contribution in [0, 0.1) is 0 Å². The molecule has 3 heterocycles. The van der Waals surface area contributed by atoms with E-state index in [0.29, 0.717) is 6.04 Å². The largest absolute Gasteiger partial charge is 0.381 e. The zero-order chi connectivity index (χ0) is 13.1. The van der Waals surface area contributed by atoms with Gasteiger partial charge in [0.2, 0.25) is 0 Å². The van der Waals surface area contributed by atoms with Crippen molar-refractivity contribution in [1.82, 2.24) is 15.1 Å². The Morgan fingerprint density at radius 2 is 2.26 bits per heavy atom. The molecule has 5 heteroatoms. The number of ether oxygens (including phenoxy) is 2. The van der Waals surface area contributed by atoms with Crippen LogP contribution in [0.1, 0.15) is 37.4 Å². The first kappa shape index (κ1) is 13.1. The highest BCUT2D eigenvalue weighted by Crippen LogP contribution is 2.38. The third-order valence-corrected chi connectivity index (χ3v) is 4.27. The lowest BCUT2D eigenvalue weighted by Gasteiger charge is -2.43. The van der Waals surface area contributed by atoms with Crippen molar-refractivity contribution >= 4 is 0 Å². The molecular formula is C14H23N3O2. The van der Waals surface area contributed by atoms with E-state index in [1.807, 2.05) is 7.05 Å². The van der Waals surface area contributed by atoms with Crippen molar-refractivity contribution in [2.24, 2.45) is 0 Å². The maximum Gasteiger partial charge on any atom is 0.0762 e. The zero-order valence-electron chi connectivity index (χ0n) is 11.6. The Morgan fingerprint density at radius 3 is 3.05 bits per heavy atom. The molecule has 2 saturated heterocycles. The summed E-state index contributed by atoms with van der Waals surface area (Å²) in [6.07, 6.45) is 6.28. The highest BCUT2D eigenvalue weighted by atomic mass is 16.5. The van der Waals surface area contributed by atoms with E-state index in [1.54, 1.807) is 0 Å². The van der Waals surface area contributed by atoms with Crippen LogP contribution in [0.25, 0.3) is 0 Å². The van der Waals surface area contributed by atoms with Gasteiger partial charge in [0, 0.05) is 32.6 Å². The van der Waals surface area contributed by atoms with E-state index in [2.05, 4.69) is 27.4 Å². The van der Waals surface area contributed by atoms with E-state index in [1.165, 1.54) is 0 Å². The molecule has 0 bridgehead atoms. The molecule has 0 aliphatic carbocycles. The van der Waals surface area contributed by atoms with Crippen molar-refractivity contribution in [2.45, 2.75) is 43.9 Å². The second kappa shape index (κ2) is 5.61. The van der Waals surface area contributed by atoms with Crippen LogP contribution in [0.5, 0.6) is 0 Å². The Bertz CT molecular complexity index is 407. The fraction of sp³-hybridized carbons (Fsp3) is 0.786. The van der Waals surface area contributed by atoms with Crippen LogP contribution in [0.2, 0.25) is 0 Å². The minimum absolute atomic E-state index is 0.0380. The lowest BCUT2D eigenvalue weighted by atomic mass is 9.84. The number of nitrogens with zero attached hydrogens (tertiary/aromatic N) is 2. The van der Waals surface area contributed by atoms with Gasteiger partial charge in [-0.05, 0) is 38.8 Å². The molecular weight excluding hydrogens is 242 g/mol. The molecule has 2 aliphatic rings. The van der Waals surface area contributed by atoms with Crippen LogP contribution in [0.4, 0.5) is 0 Å². The maximum atomic E-state index is 6.08. The lowest BCUT2D eigenvalue weighted by Crippen LogP contribution is -2.44. The molecule has 0 saturated carbocycles. The first-order valence-corrected chi connectivity index (χ1v) is 7.22. The Kier molecular flexibility index (Phi) is 3.86. The van der Waals surface area contributed by atoms with Crippen LogP contribution in [0.15, 0.2) is 12.3 Å². The fourth-order valence-electron chi connectivity index (χ4n) is 3.18. The average molecular weight is 265 g/mol. The molecule has 19 heavy (non-hydrogen) atoms. The number of rotatable bonds is 3. The van der Waals surface area contributed by atoms with Gasteiger partial charge in [-0.2, -0.15) is 5.10 Å². The predicted octanol–water partition coefficient (Wildman–Crippen LogP) is 1.50.